The molecule has 18 heavy (non-hydrogen) atoms. The summed E-state index contributed by atoms with van der Waals surface area (Å²) in [6, 6.07) is 11.9. The minimum Gasteiger partial charge on any atom is -0.453 e. The third kappa shape index (κ3) is 2.89. The van der Waals surface area contributed by atoms with E-state index in [2.05, 4.69) is 19.1 Å². The summed E-state index contributed by atoms with van der Waals surface area (Å²) in [5.41, 5.74) is 2.36. The normalized spacial score (nSPS) is 10.6. The first-order chi connectivity index (χ1) is 8.70. The highest BCUT2D eigenvalue weighted by Gasteiger charge is 2.07. The number of furan rings is 1. The Hall–Kier alpha value is -1.83. The van der Waals surface area contributed by atoms with Crippen molar-refractivity contribution in [2.75, 3.05) is 0 Å². The molecule has 0 aliphatic rings. The number of ketones is 1. The first kappa shape index (κ1) is 12.6. The average molecular weight is 242 g/mol. The predicted octanol–water partition coefficient (Wildman–Crippen LogP) is 4.49. The minimum atomic E-state index is -0.0409. The van der Waals surface area contributed by atoms with Crippen LogP contribution in [0.15, 0.2) is 40.8 Å². The maximum Gasteiger partial charge on any atom is 0.194 e. The largest absolute Gasteiger partial charge is 0.453 e. The van der Waals surface area contributed by atoms with Gasteiger partial charge in [0, 0.05) is 12.5 Å². The Morgan fingerprint density at radius 1 is 1.11 bits per heavy atom. The smallest absolute Gasteiger partial charge is 0.194 e. The van der Waals surface area contributed by atoms with Crippen molar-refractivity contribution in [3.05, 3.63) is 47.7 Å². The summed E-state index contributed by atoms with van der Waals surface area (Å²) in [7, 11) is 0. The van der Waals surface area contributed by atoms with Gasteiger partial charge in [-0.15, -0.1) is 0 Å². The lowest BCUT2D eigenvalue weighted by Gasteiger charge is -2.01. The Bertz CT molecular complexity index is 520. The highest BCUT2D eigenvalue weighted by Crippen LogP contribution is 2.23. The molecule has 2 rings (SSSR count). The summed E-state index contributed by atoms with van der Waals surface area (Å²) >= 11 is 0. The zero-order valence-electron chi connectivity index (χ0n) is 10.9. The molecule has 1 aromatic heterocycles. The molecule has 0 unspecified atom stereocenters. The van der Waals surface area contributed by atoms with Crippen molar-refractivity contribution in [2.24, 2.45) is 0 Å². The molecule has 0 fully saturated rings. The fourth-order valence-electron chi connectivity index (χ4n) is 1.90. The molecule has 0 aliphatic heterocycles. The van der Waals surface area contributed by atoms with Gasteiger partial charge in [-0.1, -0.05) is 37.6 Å². The van der Waals surface area contributed by atoms with Crippen molar-refractivity contribution in [3.8, 4) is 11.3 Å². The summed E-state index contributed by atoms with van der Waals surface area (Å²) in [5, 5.41) is 0. The molecular formula is C16H18O2. The van der Waals surface area contributed by atoms with E-state index in [9.17, 15) is 4.79 Å². The average Bonchev–Trinajstić information content (AvgIpc) is 2.87. The van der Waals surface area contributed by atoms with Crippen LogP contribution in [0.2, 0.25) is 0 Å². The Kier molecular flexibility index (Phi) is 3.98. The molecule has 0 radical (unpaired) electrons. The van der Waals surface area contributed by atoms with Gasteiger partial charge in [0.2, 0.25) is 0 Å². The number of carbonyl (C=O) groups is 1. The van der Waals surface area contributed by atoms with Crippen molar-refractivity contribution in [3.63, 3.8) is 0 Å². The minimum absolute atomic E-state index is 0.0409. The first-order valence-corrected chi connectivity index (χ1v) is 6.41. The van der Waals surface area contributed by atoms with Crippen LogP contribution in [0.1, 0.15) is 42.8 Å². The van der Waals surface area contributed by atoms with Gasteiger partial charge in [-0.05, 0) is 30.5 Å². The fourth-order valence-corrected chi connectivity index (χ4v) is 1.90. The van der Waals surface area contributed by atoms with Crippen LogP contribution in [0.25, 0.3) is 11.3 Å². The Morgan fingerprint density at radius 2 is 1.83 bits per heavy atom. The molecule has 0 bridgehead atoms. The molecule has 0 saturated heterocycles. The van der Waals surface area contributed by atoms with E-state index >= 15 is 0 Å². The number of carbonyl (C=O) groups excluding carboxylic acids is 1. The standard InChI is InChI=1S/C16H18O2/c1-3-4-5-13-6-8-14(9-7-13)16-11-10-15(18-16)12(2)17/h6-11H,3-5H2,1-2H3. The third-order valence-electron chi connectivity index (χ3n) is 3.01. The summed E-state index contributed by atoms with van der Waals surface area (Å²) in [6.45, 7) is 3.71. The van der Waals surface area contributed by atoms with Gasteiger partial charge in [-0.3, -0.25) is 4.79 Å². The number of hydrogen-bond acceptors (Lipinski definition) is 2. The van der Waals surface area contributed by atoms with Gasteiger partial charge < -0.3 is 4.42 Å². The van der Waals surface area contributed by atoms with Crippen LogP contribution < -0.4 is 0 Å². The SMILES string of the molecule is CCCCc1ccc(-c2ccc(C(C)=O)o2)cc1. The second-order valence-electron chi connectivity index (χ2n) is 4.52. The molecule has 0 saturated carbocycles. The second-order valence-corrected chi connectivity index (χ2v) is 4.52. The zero-order chi connectivity index (χ0) is 13.0. The number of Topliss-reactive ketones (excluding diaryl/α,β-unsaturated/α-hetero) is 1. The first-order valence-electron chi connectivity index (χ1n) is 6.41. The number of rotatable bonds is 5. The van der Waals surface area contributed by atoms with Gasteiger partial charge in [0.05, 0.1) is 0 Å². The van der Waals surface area contributed by atoms with Crippen molar-refractivity contribution in [1.82, 2.24) is 0 Å². The molecule has 0 atom stereocenters. The van der Waals surface area contributed by atoms with Crippen molar-refractivity contribution in [2.45, 2.75) is 33.1 Å². The summed E-state index contributed by atoms with van der Waals surface area (Å²) < 4.78 is 5.50. The maximum atomic E-state index is 11.2. The van der Waals surface area contributed by atoms with E-state index in [0.29, 0.717) is 5.76 Å². The van der Waals surface area contributed by atoms with Gasteiger partial charge in [0.25, 0.3) is 0 Å². The lowest BCUT2D eigenvalue weighted by atomic mass is 10.1. The second kappa shape index (κ2) is 5.67. The van der Waals surface area contributed by atoms with E-state index < -0.39 is 0 Å². The van der Waals surface area contributed by atoms with Crippen LogP contribution in [0.3, 0.4) is 0 Å². The van der Waals surface area contributed by atoms with Gasteiger partial charge in [-0.25, -0.2) is 0 Å². The van der Waals surface area contributed by atoms with Crippen LogP contribution in [-0.4, -0.2) is 5.78 Å². The molecular weight excluding hydrogens is 224 g/mol. The quantitative estimate of drug-likeness (QED) is 0.723. The number of hydrogen-bond donors (Lipinski definition) is 0. The Labute approximate surface area is 108 Å². The Morgan fingerprint density at radius 3 is 2.39 bits per heavy atom. The molecule has 0 N–H and O–H groups in total. The van der Waals surface area contributed by atoms with Gasteiger partial charge in [0.1, 0.15) is 5.76 Å². The maximum absolute atomic E-state index is 11.2. The topological polar surface area (TPSA) is 30.2 Å². The van der Waals surface area contributed by atoms with E-state index in [-0.39, 0.29) is 5.78 Å². The monoisotopic (exact) mass is 242 g/mol. The van der Waals surface area contributed by atoms with E-state index in [4.69, 9.17) is 4.42 Å². The third-order valence-corrected chi connectivity index (χ3v) is 3.01. The molecule has 2 aromatic rings. The van der Waals surface area contributed by atoms with E-state index in [1.54, 1.807) is 6.07 Å². The van der Waals surface area contributed by atoms with Gasteiger partial charge >= 0.3 is 0 Å². The van der Waals surface area contributed by atoms with Crippen LogP contribution in [-0.2, 0) is 6.42 Å². The van der Waals surface area contributed by atoms with Crippen molar-refractivity contribution >= 4 is 5.78 Å². The molecule has 0 aliphatic carbocycles. The molecule has 1 heterocycles. The summed E-state index contributed by atoms with van der Waals surface area (Å²) in [6.07, 6.45) is 3.55. The lowest BCUT2D eigenvalue weighted by molar-refractivity contribution is 0.0988. The Balaban J connectivity index is 2.15. The molecule has 0 spiro atoms. The summed E-state index contributed by atoms with van der Waals surface area (Å²) in [4.78, 5) is 11.2. The van der Waals surface area contributed by atoms with Crippen LogP contribution in [0.4, 0.5) is 0 Å². The number of aryl methyl sites for hydroxylation is 1. The fraction of sp³-hybridized carbons (Fsp3) is 0.312. The predicted molar refractivity (Wildman–Crippen MR) is 72.8 cm³/mol. The molecule has 2 nitrogen and oxygen atoms in total. The zero-order valence-corrected chi connectivity index (χ0v) is 10.9. The van der Waals surface area contributed by atoms with Crippen molar-refractivity contribution in [1.29, 1.82) is 0 Å². The molecule has 2 heteroatoms. The van der Waals surface area contributed by atoms with Crippen LogP contribution in [0, 0.1) is 0 Å². The highest BCUT2D eigenvalue weighted by molar-refractivity contribution is 5.91. The van der Waals surface area contributed by atoms with E-state index in [1.807, 2.05) is 18.2 Å². The van der Waals surface area contributed by atoms with Gasteiger partial charge in [0.15, 0.2) is 11.5 Å². The van der Waals surface area contributed by atoms with E-state index in [1.165, 1.54) is 25.3 Å². The molecule has 0 amide bonds. The highest BCUT2D eigenvalue weighted by atomic mass is 16.3. The number of unbranched alkanes of at least 4 members (excludes halogenated alkanes) is 1. The molecule has 1 aromatic carbocycles. The van der Waals surface area contributed by atoms with Crippen LogP contribution >= 0.6 is 0 Å². The van der Waals surface area contributed by atoms with E-state index in [0.717, 1.165) is 17.7 Å². The summed E-state index contributed by atoms with van der Waals surface area (Å²) in [5.74, 6) is 1.13. The van der Waals surface area contributed by atoms with Gasteiger partial charge in [-0.2, -0.15) is 0 Å². The molecule has 94 valence electrons. The number of benzene rings is 1. The van der Waals surface area contributed by atoms with Crippen molar-refractivity contribution < 1.29 is 9.21 Å². The lowest BCUT2D eigenvalue weighted by Crippen LogP contribution is -1.86. The van der Waals surface area contributed by atoms with Crippen LogP contribution in [0.5, 0.6) is 0 Å².